The lowest BCUT2D eigenvalue weighted by Crippen LogP contribution is -2.45. The Morgan fingerprint density at radius 3 is 2.29 bits per heavy atom. The van der Waals surface area contributed by atoms with E-state index in [-0.39, 0.29) is 5.91 Å². The van der Waals surface area contributed by atoms with Gasteiger partial charge in [-0.25, -0.2) is 0 Å². The molecule has 7 nitrogen and oxygen atoms in total. The minimum atomic E-state index is -0.962. The predicted molar refractivity (Wildman–Crippen MR) is 121 cm³/mol. The van der Waals surface area contributed by atoms with Gasteiger partial charge in [0, 0.05) is 24.9 Å². The van der Waals surface area contributed by atoms with E-state index in [1.807, 2.05) is 61.5 Å². The van der Waals surface area contributed by atoms with Crippen molar-refractivity contribution in [3.8, 4) is 11.5 Å². The Morgan fingerprint density at radius 1 is 1.06 bits per heavy atom. The molecule has 8 heteroatoms. The number of amides is 1. The summed E-state index contributed by atoms with van der Waals surface area (Å²) in [5, 5.41) is -0.419. The summed E-state index contributed by atoms with van der Waals surface area (Å²) in [6, 6.07) is 13.1. The molecule has 0 radical (unpaired) electrons. The molecule has 0 N–H and O–H groups in total. The fourth-order valence-corrected chi connectivity index (χ4v) is 4.74. The van der Waals surface area contributed by atoms with Crippen molar-refractivity contribution in [2.45, 2.75) is 23.2 Å². The number of ether oxygens (including phenoxy) is 3. The number of carbonyl (C=O) groups excluding carboxylic acids is 2. The molecule has 0 spiro atoms. The van der Waals surface area contributed by atoms with E-state index >= 15 is 0 Å². The summed E-state index contributed by atoms with van der Waals surface area (Å²) in [5.41, 5.74) is 1.65. The van der Waals surface area contributed by atoms with Gasteiger partial charge in [-0.15, -0.1) is 11.8 Å². The summed E-state index contributed by atoms with van der Waals surface area (Å²) in [6.07, 6.45) is -0.962. The summed E-state index contributed by atoms with van der Waals surface area (Å²) in [6.45, 7) is 2.47. The zero-order valence-electron chi connectivity index (χ0n) is 18.5. The quantitative estimate of drug-likeness (QED) is 0.607. The van der Waals surface area contributed by atoms with Gasteiger partial charge in [0.2, 0.25) is 0 Å². The van der Waals surface area contributed by atoms with Crippen molar-refractivity contribution in [3.63, 3.8) is 0 Å². The third-order valence-corrected chi connectivity index (χ3v) is 6.36. The first-order chi connectivity index (χ1) is 14.8. The highest BCUT2D eigenvalue weighted by Crippen LogP contribution is 2.48. The van der Waals surface area contributed by atoms with Gasteiger partial charge < -0.3 is 24.0 Å². The third-order valence-electron chi connectivity index (χ3n) is 5.00. The first kappa shape index (κ1) is 23.0. The molecule has 31 heavy (non-hydrogen) atoms. The lowest BCUT2D eigenvalue weighted by molar-refractivity contribution is -0.152. The topological polar surface area (TPSA) is 68.3 Å². The van der Waals surface area contributed by atoms with Gasteiger partial charge in [-0.05, 0) is 50.0 Å². The molecule has 2 atom stereocenters. The average Bonchev–Trinajstić information content (AvgIpc) is 2.86. The van der Waals surface area contributed by atoms with Gasteiger partial charge in [-0.2, -0.15) is 0 Å². The van der Waals surface area contributed by atoms with E-state index in [4.69, 9.17) is 14.2 Å². The Bertz CT molecular complexity index is 932. The van der Waals surface area contributed by atoms with Crippen molar-refractivity contribution < 1.29 is 23.8 Å². The van der Waals surface area contributed by atoms with Crippen LogP contribution in [-0.2, 0) is 14.3 Å². The molecule has 1 amide bonds. The van der Waals surface area contributed by atoms with Crippen LogP contribution in [0.1, 0.15) is 17.7 Å². The molecule has 0 saturated carbocycles. The van der Waals surface area contributed by atoms with Crippen molar-refractivity contribution in [1.29, 1.82) is 0 Å². The van der Waals surface area contributed by atoms with Crippen LogP contribution >= 0.6 is 11.8 Å². The van der Waals surface area contributed by atoms with Crippen molar-refractivity contribution in [1.82, 2.24) is 4.90 Å². The molecule has 3 rings (SSSR count). The second kappa shape index (κ2) is 10.1. The van der Waals surface area contributed by atoms with Crippen molar-refractivity contribution in [3.05, 3.63) is 48.0 Å². The largest absolute Gasteiger partial charge is 0.497 e. The van der Waals surface area contributed by atoms with E-state index in [0.717, 1.165) is 16.1 Å². The molecule has 0 saturated heterocycles. The van der Waals surface area contributed by atoms with Gasteiger partial charge in [-0.3, -0.25) is 9.59 Å². The molecule has 2 aromatic carbocycles. The molecule has 1 aliphatic rings. The first-order valence-corrected chi connectivity index (χ1v) is 10.8. The zero-order chi connectivity index (χ0) is 22.5. The third kappa shape index (κ3) is 5.32. The van der Waals surface area contributed by atoms with E-state index in [1.165, 1.54) is 18.7 Å². The second-order valence-corrected chi connectivity index (χ2v) is 8.65. The maximum atomic E-state index is 13.7. The molecule has 0 bridgehead atoms. The minimum absolute atomic E-state index is 0.241. The van der Waals surface area contributed by atoms with Crippen LogP contribution in [0.4, 0.5) is 5.69 Å². The van der Waals surface area contributed by atoms with Crippen LogP contribution in [0.25, 0.3) is 0 Å². The van der Waals surface area contributed by atoms with Crippen molar-refractivity contribution in [2.75, 3.05) is 46.3 Å². The fourth-order valence-electron chi connectivity index (χ4n) is 3.40. The van der Waals surface area contributed by atoms with Crippen LogP contribution in [0.3, 0.4) is 0 Å². The number of methoxy groups -OCH3 is 2. The molecule has 1 aliphatic heterocycles. The number of fused-ring (bicyclic) bond motifs is 1. The molecular formula is C23H28N2O5S. The maximum Gasteiger partial charge on any atom is 0.303 e. The number of esters is 1. The number of nitrogens with zero attached hydrogens (tertiary/aromatic N) is 2. The van der Waals surface area contributed by atoms with Crippen molar-refractivity contribution in [2.24, 2.45) is 0 Å². The number of hydrogen-bond donors (Lipinski definition) is 0. The molecule has 0 fully saturated rings. The Hall–Kier alpha value is -2.71. The number of anilines is 1. The summed E-state index contributed by atoms with van der Waals surface area (Å²) in [4.78, 5) is 30.2. The Balaban J connectivity index is 2.11. The Labute approximate surface area is 187 Å². The second-order valence-electron chi connectivity index (χ2n) is 7.47. The number of rotatable bonds is 7. The first-order valence-electron chi connectivity index (χ1n) is 9.96. The van der Waals surface area contributed by atoms with Gasteiger partial charge in [0.1, 0.15) is 11.5 Å². The van der Waals surface area contributed by atoms with Crippen LogP contribution in [-0.4, -0.2) is 64.3 Å². The van der Waals surface area contributed by atoms with Crippen LogP contribution < -0.4 is 14.4 Å². The maximum absolute atomic E-state index is 13.7. The number of hydrogen-bond acceptors (Lipinski definition) is 7. The van der Waals surface area contributed by atoms with Gasteiger partial charge in [0.15, 0.2) is 6.10 Å². The summed E-state index contributed by atoms with van der Waals surface area (Å²) in [7, 11) is 7.12. The lowest BCUT2D eigenvalue weighted by atomic mass is 10.1. The standard InChI is InChI=1S/C23H28N2O5S/c1-15(26)30-21-22(16-6-8-17(28-4)9-7-16)31-20-14-18(29-5)10-11-19(20)25(23(21)27)13-12-24(2)3/h6-11,14,21-22H,12-13H2,1-5H3/t21-,22-/m0/s1. The van der Waals surface area contributed by atoms with E-state index in [1.54, 1.807) is 19.1 Å². The highest BCUT2D eigenvalue weighted by Gasteiger charge is 2.41. The van der Waals surface area contributed by atoms with E-state index in [0.29, 0.717) is 24.6 Å². The zero-order valence-corrected chi connectivity index (χ0v) is 19.3. The number of benzene rings is 2. The lowest BCUT2D eigenvalue weighted by Gasteiger charge is -2.28. The fraction of sp³-hybridized carbons (Fsp3) is 0.391. The molecular weight excluding hydrogens is 416 g/mol. The van der Waals surface area contributed by atoms with Gasteiger partial charge in [-0.1, -0.05) is 12.1 Å². The summed E-state index contributed by atoms with van der Waals surface area (Å²) < 4.78 is 16.3. The predicted octanol–water partition coefficient (Wildman–Crippen LogP) is 3.38. The molecule has 0 aliphatic carbocycles. The highest BCUT2D eigenvalue weighted by atomic mass is 32.2. The Morgan fingerprint density at radius 2 is 1.71 bits per heavy atom. The molecule has 1 heterocycles. The number of thioether (sulfide) groups is 1. The summed E-state index contributed by atoms with van der Waals surface area (Å²) >= 11 is 1.49. The highest BCUT2D eigenvalue weighted by molar-refractivity contribution is 7.99. The molecule has 2 aromatic rings. The summed E-state index contributed by atoms with van der Waals surface area (Å²) in [5.74, 6) is 0.681. The average molecular weight is 445 g/mol. The SMILES string of the molecule is COc1ccc([C@@H]2Sc3cc(OC)ccc3N(CCN(C)C)C(=O)[C@H]2OC(C)=O)cc1. The monoisotopic (exact) mass is 444 g/mol. The van der Waals surface area contributed by atoms with E-state index in [2.05, 4.69) is 0 Å². The van der Waals surface area contributed by atoms with Crippen LogP contribution in [0, 0.1) is 0 Å². The van der Waals surface area contributed by atoms with Crippen LogP contribution in [0.2, 0.25) is 0 Å². The van der Waals surface area contributed by atoms with E-state index < -0.39 is 17.3 Å². The van der Waals surface area contributed by atoms with Gasteiger partial charge in [0.25, 0.3) is 5.91 Å². The van der Waals surface area contributed by atoms with Crippen LogP contribution in [0.15, 0.2) is 47.4 Å². The van der Waals surface area contributed by atoms with Gasteiger partial charge >= 0.3 is 5.97 Å². The van der Waals surface area contributed by atoms with Crippen LogP contribution in [0.5, 0.6) is 11.5 Å². The molecule has 166 valence electrons. The van der Waals surface area contributed by atoms with E-state index in [9.17, 15) is 9.59 Å². The number of carbonyl (C=O) groups is 2. The minimum Gasteiger partial charge on any atom is -0.497 e. The van der Waals surface area contributed by atoms with Gasteiger partial charge in [0.05, 0.1) is 25.2 Å². The molecule has 0 aromatic heterocycles. The smallest absolute Gasteiger partial charge is 0.303 e. The molecule has 0 unspecified atom stereocenters. The number of likely N-dealkylation sites (N-methyl/N-ethyl adjacent to an activating group) is 1. The van der Waals surface area contributed by atoms with Crippen molar-refractivity contribution >= 4 is 29.3 Å². The normalized spacial score (nSPS) is 18.4. The Kier molecular flexibility index (Phi) is 7.46.